The number of rotatable bonds is 5. The maximum atomic E-state index is 5.20. The molecule has 1 aromatic heterocycles. The summed E-state index contributed by atoms with van der Waals surface area (Å²) < 4.78 is 5.20. The van der Waals surface area contributed by atoms with Crippen molar-refractivity contribution in [3.8, 4) is 0 Å². The van der Waals surface area contributed by atoms with Crippen LogP contribution in [-0.4, -0.2) is 6.54 Å². The van der Waals surface area contributed by atoms with E-state index in [2.05, 4.69) is 43.4 Å². The second kappa shape index (κ2) is 5.69. The molecule has 0 saturated heterocycles. The molecule has 2 heteroatoms. The minimum absolute atomic E-state index is 0.231. The first-order valence-corrected chi connectivity index (χ1v) is 6.14. The Balaban J connectivity index is 2.30. The predicted octanol–water partition coefficient (Wildman–Crippen LogP) is 3.68. The molecule has 2 aromatic rings. The lowest BCUT2D eigenvalue weighted by Crippen LogP contribution is -2.23. The van der Waals surface area contributed by atoms with Crippen molar-refractivity contribution < 1.29 is 4.42 Å². The summed E-state index contributed by atoms with van der Waals surface area (Å²) in [4.78, 5) is 0. The van der Waals surface area contributed by atoms with Crippen LogP contribution < -0.4 is 5.32 Å². The van der Waals surface area contributed by atoms with E-state index >= 15 is 0 Å². The van der Waals surface area contributed by atoms with Gasteiger partial charge in [-0.2, -0.15) is 0 Å². The minimum Gasteiger partial charge on any atom is -0.472 e. The Bertz CT molecular complexity index is 448. The molecule has 1 aromatic carbocycles. The first kappa shape index (κ1) is 11.9. The van der Waals surface area contributed by atoms with Crippen LogP contribution in [0.1, 0.15) is 36.1 Å². The Labute approximate surface area is 103 Å². The highest BCUT2D eigenvalue weighted by Crippen LogP contribution is 2.25. The zero-order chi connectivity index (χ0) is 12.1. The molecule has 2 rings (SSSR count). The third-order valence-corrected chi connectivity index (χ3v) is 2.97. The predicted molar refractivity (Wildman–Crippen MR) is 70.0 cm³/mol. The van der Waals surface area contributed by atoms with Crippen LogP contribution >= 0.6 is 0 Å². The number of aryl methyl sites for hydroxylation is 1. The fourth-order valence-electron chi connectivity index (χ4n) is 2.05. The van der Waals surface area contributed by atoms with Gasteiger partial charge in [-0.15, -0.1) is 0 Å². The van der Waals surface area contributed by atoms with E-state index in [1.54, 1.807) is 6.26 Å². The van der Waals surface area contributed by atoms with Gasteiger partial charge in [0.1, 0.15) is 0 Å². The monoisotopic (exact) mass is 229 g/mol. The van der Waals surface area contributed by atoms with Crippen molar-refractivity contribution in [2.75, 3.05) is 6.54 Å². The van der Waals surface area contributed by atoms with Crippen LogP contribution in [0.4, 0.5) is 0 Å². The maximum Gasteiger partial charge on any atom is 0.0953 e. The number of benzene rings is 1. The van der Waals surface area contributed by atoms with Gasteiger partial charge < -0.3 is 9.73 Å². The quantitative estimate of drug-likeness (QED) is 0.846. The van der Waals surface area contributed by atoms with Crippen molar-refractivity contribution in [2.45, 2.75) is 26.3 Å². The van der Waals surface area contributed by atoms with Crippen LogP contribution in [0.25, 0.3) is 0 Å². The summed E-state index contributed by atoms with van der Waals surface area (Å²) in [6, 6.07) is 10.7. The molecule has 0 aliphatic carbocycles. The lowest BCUT2D eigenvalue weighted by atomic mass is 9.97. The summed E-state index contributed by atoms with van der Waals surface area (Å²) in [5.74, 6) is 0. The molecule has 1 N–H and O–H groups in total. The van der Waals surface area contributed by atoms with E-state index in [1.807, 2.05) is 12.3 Å². The van der Waals surface area contributed by atoms with Crippen molar-refractivity contribution >= 4 is 0 Å². The molecule has 1 atom stereocenters. The first-order chi connectivity index (χ1) is 8.33. The van der Waals surface area contributed by atoms with Gasteiger partial charge in [-0.1, -0.05) is 31.2 Å². The topological polar surface area (TPSA) is 25.2 Å². The highest BCUT2D eigenvalue weighted by atomic mass is 16.3. The molecule has 1 unspecified atom stereocenters. The summed E-state index contributed by atoms with van der Waals surface area (Å²) in [5, 5.41) is 3.57. The number of furan rings is 1. The van der Waals surface area contributed by atoms with Crippen molar-refractivity contribution in [3.05, 3.63) is 59.5 Å². The normalized spacial score (nSPS) is 12.6. The van der Waals surface area contributed by atoms with E-state index in [0.717, 1.165) is 13.0 Å². The molecule has 0 aliphatic heterocycles. The fourth-order valence-corrected chi connectivity index (χ4v) is 2.05. The Morgan fingerprint density at radius 1 is 1.24 bits per heavy atom. The molecule has 0 bridgehead atoms. The number of hydrogen-bond acceptors (Lipinski definition) is 2. The first-order valence-electron chi connectivity index (χ1n) is 6.14. The van der Waals surface area contributed by atoms with Crippen molar-refractivity contribution in [1.82, 2.24) is 5.32 Å². The summed E-state index contributed by atoms with van der Waals surface area (Å²) in [7, 11) is 0. The average molecular weight is 229 g/mol. The summed E-state index contributed by atoms with van der Waals surface area (Å²) >= 11 is 0. The molecule has 17 heavy (non-hydrogen) atoms. The van der Waals surface area contributed by atoms with Crippen LogP contribution in [0.5, 0.6) is 0 Å². The van der Waals surface area contributed by atoms with Gasteiger partial charge in [0.2, 0.25) is 0 Å². The molecule has 90 valence electrons. The zero-order valence-corrected chi connectivity index (χ0v) is 10.4. The molecule has 0 fully saturated rings. The Kier molecular flexibility index (Phi) is 3.99. The Morgan fingerprint density at radius 2 is 2.06 bits per heavy atom. The Hall–Kier alpha value is -1.54. The van der Waals surface area contributed by atoms with Crippen LogP contribution in [0, 0.1) is 6.92 Å². The van der Waals surface area contributed by atoms with Gasteiger partial charge in [0.15, 0.2) is 0 Å². The lowest BCUT2D eigenvalue weighted by Gasteiger charge is -2.19. The van der Waals surface area contributed by atoms with Crippen molar-refractivity contribution in [2.24, 2.45) is 0 Å². The smallest absolute Gasteiger partial charge is 0.0953 e. The molecular formula is C15H19NO. The largest absolute Gasteiger partial charge is 0.472 e. The van der Waals surface area contributed by atoms with Gasteiger partial charge in [-0.25, -0.2) is 0 Å². The van der Waals surface area contributed by atoms with Crippen molar-refractivity contribution in [3.63, 3.8) is 0 Å². The van der Waals surface area contributed by atoms with E-state index in [9.17, 15) is 0 Å². The highest BCUT2D eigenvalue weighted by molar-refractivity contribution is 5.35. The molecule has 1 heterocycles. The second-order valence-corrected chi connectivity index (χ2v) is 4.30. The van der Waals surface area contributed by atoms with Gasteiger partial charge >= 0.3 is 0 Å². The van der Waals surface area contributed by atoms with Gasteiger partial charge in [-0.05, 0) is 37.1 Å². The molecule has 0 radical (unpaired) electrons. The fraction of sp³-hybridized carbons (Fsp3) is 0.333. The summed E-state index contributed by atoms with van der Waals surface area (Å²) in [5.41, 5.74) is 3.82. The molecule has 0 amide bonds. The van der Waals surface area contributed by atoms with E-state index in [4.69, 9.17) is 4.42 Å². The minimum atomic E-state index is 0.231. The standard InChI is InChI=1S/C15H19NO/c1-3-9-16-15(13-8-10-17-11-13)14-7-5-4-6-12(14)2/h4-8,10-11,15-16H,3,9H2,1-2H3. The van der Waals surface area contributed by atoms with E-state index in [0.29, 0.717) is 0 Å². The molecule has 0 spiro atoms. The molecule has 2 nitrogen and oxygen atoms in total. The third-order valence-electron chi connectivity index (χ3n) is 2.97. The van der Waals surface area contributed by atoms with Gasteiger partial charge in [0, 0.05) is 5.56 Å². The van der Waals surface area contributed by atoms with Gasteiger partial charge in [0.05, 0.1) is 18.6 Å². The summed E-state index contributed by atoms with van der Waals surface area (Å²) in [6.07, 6.45) is 4.67. The molecule has 0 aliphatic rings. The SMILES string of the molecule is CCCNC(c1ccoc1)c1ccccc1C. The van der Waals surface area contributed by atoms with E-state index in [-0.39, 0.29) is 6.04 Å². The van der Waals surface area contributed by atoms with Crippen molar-refractivity contribution in [1.29, 1.82) is 0 Å². The zero-order valence-electron chi connectivity index (χ0n) is 10.4. The van der Waals surface area contributed by atoms with Gasteiger partial charge in [-0.3, -0.25) is 0 Å². The lowest BCUT2D eigenvalue weighted by molar-refractivity contribution is 0.547. The molecular weight excluding hydrogens is 210 g/mol. The molecule has 0 saturated carbocycles. The number of hydrogen-bond donors (Lipinski definition) is 1. The highest BCUT2D eigenvalue weighted by Gasteiger charge is 2.15. The van der Waals surface area contributed by atoms with Crippen LogP contribution in [0.2, 0.25) is 0 Å². The Morgan fingerprint density at radius 3 is 2.71 bits per heavy atom. The maximum absolute atomic E-state index is 5.20. The average Bonchev–Trinajstić information content (AvgIpc) is 2.85. The second-order valence-electron chi connectivity index (χ2n) is 4.30. The van der Waals surface area contributed by atoms with E-state index < -0.39 is 0 Å². The third kappa shape index (κ3) is 2.77. The summed E-state index contributed by atoms with van der Waals surface area (Å²) in [6.45, 7) is 5.33. The number of nitrogens with one attached hydrogen (secondary N) is 1. The van der Waals surface area contributed by atoms with Crippen LogP contribution in [-0.2, 0) is 0 Å². The van der Waals surface area contributed by atoms with Crippen LogP contribution in [0.15, 0.2) is 47.3 Å². The van der Waals surface area contributed by atoms with E-state index in [1.165, 1.54) is 16.7 Å². The van der Waals surface area contributed by atoms with Crippen LogP contribution in [0.3, 0.4) is 0 Å². The van der Waals surface area contributed by atoms with Gasteiger partial charge in [0.25, 0.3) is 0 Å².